The lowest BCUT2D eigenvalue weighted by molar-refractivity contribution is 0.122. The highest BCUT2D eigenvalue weighted by Crippen LogP contribution is 2.17. The van der Waals surface area contributed by atoms with Crippen molar-refractivity contribution in [1.82, 2.24) is 9.78 Å². The van der Waals surface area contributed by atoms with Crippen LogP contribution in [0, 0.1) is 0 Å². The number of aliphatic hydroxyl groups excluding tert-OH is 1. The second kappa shape index (κ2) is 7.29. The highest BCUT2D eigenvalue weighted by molar-refractivity contribution is 5.48. The molecule has 1 aromatic heterocycles. The number of hydrogen-bond acceptors (Lipinski definition) is 5. The van der Waals surface area contributed by atoms with Crippen molar-refractivity contribution < 1.29 is 9.84 Å². The first-order valence-corrected chi connectivity index (χ1v) is 7.64. The van der Waals surface area contributed by atoms with Crippen molar-refractivity contribution in [3.05, 3.63) is 42.2 Å². The fourth-order valence-electron chi connectivity index (χ4n) is 2.53. The van der Waals surface area contributed by atoms with Gasteiger partial charge in [0.1, 0.15) is 0 Å². The normalized spacial score (nSPS) is 15.0. The number of ether oxygens (including phenoxy) is 1. The van der Waals surface area contributed by atoms with E-state index in [-0.39, 0.29) is 6.61 Å². The molecule has 2 N–H and O–H groups in total. The van der Waals surface area contributed by atoms with Gasteiger partial charge in [0.2, 0.25) is 0 Å². The maximum absolute atomic E-state index is 8.88. The summed E-state index contributed by atoms with van der Waals surface area (Å²) in [4.78, 5) is 2.35. The first-order chi connectivity index (χ1) is 10.8. The molecule has 1 aliphatic heterocycles. The molecule has 2 aromatic rings. The Bertz CT molecular complexity index is 576. The second-order valence-corrected chi connectivity index (χ2v) is 5.34. The predicted octanol–water partition coefficient (Wildman–Crippen LogP) is 1.32. The van der Waals surface area contributed by atoms with E-state index >= 15 is 0 Å². The van der Waals surface area contributed by atoms with Gasteiger partial charge in [0.15, 0.2) is 0 Å². The fourth-order valence-corrected chi connectivity index (χ4v) is 2.53. The number of morpholine rings is 1. The smallest absolute Gasteiger partial charge is 0.0729 e. The van der Waals surface area contributed by atoms with Crippen LogP contribution in [-0.2, 0) is 17.8 Å². The van der Waals surface area contributed by atoms with E-state index in [1.807, 2.05) is 6.20 Å². The zero-order valence-electron chi connectivity index (χ0n) is 12.6. The quantitative estimate of drug-likeness (QED) is 0.843. The number of benzene rings is 1. The Morgan fingerprint density at radius 3 is 2.68 bits per heavy atom. The van der Waals surface area contributed by atoms with Crippen LogP contribution < -0.4 is 10.2 Å². The molecule has 6 heteroatoms. The first-order valence-electron chi connectivity index (χ1n) is 7.64. The molecule has 0 radical (unpaired) electrons. The molecule has 0 aliphatic carbocycles. The number of anilines is 2. The van der Waals surface area contributed by atoms with Crippen LogP contribution in [0.1, 0.15) is 5.56 Å². The summed E-state index contributed by atoms with van der Waals surface area (Å²) in [6.07, 6.45) is 3.68. The summed E-state index contributed by atoms with van der Waals surface area (Å²) in [6.45, 7) is 4.92. The lowest BCUT2D eigenvalue weighted by atomic mass is 10.2. The van der Waals surface area contributed by atoms with E-state index in [0.717, 1.165) is 38.5 Å². The van der Waals surface area contributed by atoms with Gasteiger partial charge < -0.3 is 20.1 Å². The van der Waals surface area contributed by atoms with Crippen molar-refractivity contribution in [1.29, 1.82) is 0 Å². The number of hydrogen-bond donors (Lipinski definition) is 2. The summed E-state index contributed by atoms with van der Waals surface area (Å²) < 4.78 is 7.10. The van der Waals surface area contributed by atoms with Gasteiger partial charge in [-0.15, -0.1) is 0 Å². The van der Waals surface area contributed by atoms with Gasteiger partial charge in [-0.3, -0.25) is 4.68 Å². The minimum absolute atomic E-state index is 0.101. The van der Waals surface area contributed by atoms with E-state index in [2.05, 4.69) is 39.6 Å². The molecule has 6 nitrogen and oxygen atoms in total. The summed E-state index contributed by atoms with van der Waals surface area (Å²) in [5.74, 6) is 0. The summed E-state index contributed by atoms with van der Waals surface area (Å²) in [7, 11) is 0. The van der Waals surface area contributed by atoms with Crippen LogP contribution in [0.2, 0.25) is 0 Å². The van der Waals surface area contributed by atoms with Crippen LogP contribution in [-0.4, -0.2) is 47.8 Å². The number of nitrogens with one attached hydrogen (secondary N) is 1. The molecule has 0 spiro atoms. The lowest BCUT2D eigenvalue weighted by Gasteiger charge is -2.28. The van der Waals surface area contributed by atoms with Gasteiger partial charge in [0, 0.05) is 31.5 Å². The average Bonchev–Trinajstić information content (AvgIpc) is 3.02. The summed E-state index contributed by atoms with van der Waals surface area (Å²) in [5.41, 5.74) is 3.44. The first kappa shape index (κ1) is 14.9. The average molecular weight is 302 g/mol. The van der Waals surface area contributed by atoms with Crippen LogP contribution in [0.5, 0.6) is 0 Å². The predicted molar refractivity (Wildman–Crippen MR) is 86.1 cm³/mol. The highest BCUT2D eigenvalue weighted by Gasteiger charge is 2.10. The fraction of sp³-hybridized carbons (Fsp3) is 0.438. The Hall–Kier alpha value is -2.05. The summed E-state index contributed by atoms with van der Waals surface area (Å²) in [5, 5.41) is 16.4. The molecule has 118 valence electrons. The maximum Gasteiger partial charge on any atom is 0.0729 e. The van der Waals surface area contributed by atoms with E-state index in [4.69, 9.17) is 9.84 Å². The maximum atomic E-state index is 8.88. The third-order valence-electron chi connectivity index (χ3n) is 3.77. The van der Waals surface area contributed by atoms with E-state index in [1.165, 1.54) is 11.3 Å². The standard InChI is InChI=1S/C16H22N4O2/c21-8-5-20-13-15(12-18-20)17-11-14-1-3-16(4-2-14)19-6-9-22-10-7-19/h1-4,12-13,17,21H,5-11H2. The van der Waals surface area contributed by atoms with Crippen LogP contribution >= 0.6 is 0 Å². The molecule has 1 saturated heterocycles. The zero-order valence-corrected chi connectivity index (χ0v) is 12.6. The summed E-state index contributed by atoms with van der Waals surface area (Å²) >= 11 is 0. The van der Waals surface area contributed by atoms with Crippen molar-refractivity contribution in [2.24, 2.45) is 0 Å². The van der Waals surface area contributed by atoms with E-state index in [9.17, 15) is 0 Å². The number of rotatable bonds is 6. The van der Waals surface area contributed by atoms with Gasteiger partial charge in [-0.2, -0.15) is 5.10 Å². The largest absolute Gasteiger partial charge is 0.394 e. The molecular weight excluding hydrogens is 280 g/mol. The minimum atomic E-state index is 0.101. The van der Waals surface area contributed by atoms with E-state index in [0.29, 0.717) is 6.54 Å². The Balaban J connectivity index is 1.54. The van der Waals surface area contributed by atoms with Crippen molar-refractivity contribution in [2.45, 2.75) is 13.1 Å². The van der Waals surface area contributed by atoms with Gasteiger partial charge >= 0.3 is 0 Å². The van der Waals surface area contributed by atoms with Crippen molar-refractivity contribution in [2.75, 3.05) is 43.1 Å². The molecule has 1 aromatic carbocycles. The Labute approximate surface area is 130 Å². The molecule has 2 heterocycles. The van der Waals surface area contributed by atoms with E-state index in [1.54, 1.807) is 10.9 Å². The highest BCUT2D eigenvalue weighted by atomic mass is 16.5. The Kier molecular flexibility index (Phi) is 4.92. The minimum Gasteiger partial charge on any atom is -0.394 e. The molecule has 0 unspecified atom stereocenters. The molecule has 0 amide bonds. The Morgan fingerprint density at radius 1 is 1.18 bits per heavy atom. The van der Waals surface area contributed by atoms with Gasteiger partial charge in [-0.05, 0) is 17.7 Å². The zero-order chi connectivity index (χ0) is 15.2. The van der Waals surface area contributed by atoms with Crippen LogP contribution in [0.25, 0.3) is 0 Å². The third-order valence-corrected chi connectivity index (χ3v) is 3.77. The SMILES string of the molecule is OCCn1cc(NCc2ccc(N3CCOCC3)cc2)cn1. The molecule has 0 atom stereocenters. The third kappa shape index (κ3) is 3.78. The topological polar surface area (TPSA) is 62.5 Å². The van der Waals surface area contributed by atoms with Crippen LogP contribution in [0.4, 0.5) is 11.4 Å². The molecule has 3 rings (SSSR count). The monoisotopic (exact) mass is 302 g/mol. The lowest BCUT2D eigenvalue weighted by Crippen LogP contribution is -2.36. The van der Waals surface area contributed by atoms with Crippen LogP contribution in [0.15, 0.2) is 36.7 Å². The Morgan fingerprint density at radius 2 is 1.95 bits per heavy atom. The van der Waals surface area contributed by atoms with Gasteiger partial charge in [-0.1, -0.05) is 12.1 Å². The second-order valence-electron chi connectivity index (χ2n) is 5.34. The summed E-state index contributed by atoms with van der Waals surface area (Å²) in [6, 6.07) is 8.63. The number of nitrogens with zero attached hydrogens (tertiary/aromatic N) is 3. The van der Waals surface area contributed by atoms with Gasteiger partial charge in [-0.25, -0.2) is 0 Å². The van der Waals surface area contributed by atoms with Crippen molar-refractivity contribution in [3.63, 3.8) is 0 Å². The molecule has 0 bridgehead atoms. The van der Waals surface area contributed by atoms with Gasteiger partial charge in [0.25, 0.3) is 0 Å². The van der Waals surface area contributed by atoms with Crippen molar-refractivity contribution in [3.8, 4) is 0 Å². The molecular formula is C16H22N4O2. The van der Waals surface area contributed by atoms with Crippen molar-refractivity contribution >= 4 is 11.4 Å². The number of aliphatic hydroxyl groups is 1. The number of aromatic nitrogens is 2. The molecule has 1 aliphatic rings. The molecule has 1 fully saturated rings. The van der Waals surface area contributed by atoms with Crippen LogP contribution in [0.3, 0.4) is 0 Å². The van der Waals surface area contributed by atoms with Gasteiger partial charge in [0.05, 0.1) is 38.2 Å². The molecule has 22 heavy (non-hydrogen) atoms. The van der Waals surface area contributed by atoms with E-state index < -0.39 is 0 Å². The molecule has 0 saturated carbocycles.